The van der Waals surface area contributed by atoms with Crippen molar-refractivity contribution in [1.82, 2.24) is 15.0 Å². The van der Waals surface area contributed by atoms with E-state index in [2.05, 4.69) is 24.0 Å². The van der Waals surface area contributed by atoms with Crippen molar-refractivity contribution >= 4 is 16.7 Å². The number of benzene rings is 2. The van der Waals surface area contributed by atoms with Crippen molar-refractivity contribution in [3.8, 4) is 11.4 Å². The highest BCUT2D eigenvalue weighted by Crippen LogP contribution is 2.26. The number of ether oxygens (including phenoxy) is 1. The summed E-state index contributed by atoms with van der Waals surface area (Å²) in [4.78, 5) is 1.62. The van der Waals surface area contributed by atoms with Gasteiger partial charge >= 0.3 is 0 Å². The molecule has 0 atom stereocenters. The standard InChI is InChI=1S/C16H18N4O/c1-3-8-21-16-10-15-14(9-13(16)17)18-20(19-15)12-6-4-11(2)5-7-12/h4-7,9-10H,3,8,17H2,1-2H3. The van der Waals surface area contributed by atoms with E-state index in [0.29, 0.717) is 18.0 Å². The molecule has 0 saturated carbocycles. The van der Waals surface area contributed by atoms with E-state index in [4.69, 9.17) is 10.5 Å². The van der Waals surface area contributed by atoms with Crippen LogP contribution in [0.25, 0.3) is 16.7 Å². The highest BCUT2D eigenvalue weighted by Gasteiger charge is 2.09. The highest BCUT2D eigenvalue weighted by molar-refractivity contribution is 5.81. The van der Waals surface area contributed by atoms with Gasteiger partial charge < -0.3 is 10.5 Å². The fraction of sp³-hybridized carbons (Fsp3) is 0.250. The van der Waals surface area contributed by atoms with Gasteiger partial charge in [-0.1, -0.05) is 24.6 Å². The van der Waals surface area contributed by atoms with Gasteiger partial charge in [-0.25, -0.2) is 0 Å². The van der Waals surface area contributed by atoms with Crippen molar-refractivity contribution in [2.75, 3.05) is 12.3 Å². The number of nitrogen functional groups attached to an aromatic ring is 1. The van der Waals surface area contributed by atoms with Gasteiger partial charge in [-0.2, -0.15) is 4.80 Å². The summed E-state index contributed by atoms with van der Waals surface area (Å²) in [5.74, 6) is 0.667. The zero-order valence-electron chi connectivity index (χ0n) is 12.2. The Labute approximate surface area is 123 Å². The molecule has 0 spiro atoms. The van der Waals surface area contributed by atoms with Crippen LogP contribution in [0.1, 0.15) is 18.9 Å². The minimum atomic E-state index is 0.590. The molecule has 0 radical (unpaired) electrons. The van der Waals surface area contributed by atoms with Gasteiger partial charge in [-0.05, 0) is 31.5 Å². The van der Waals surface area contributed by atoms with Crippen LogP contribution in [0.15, 0.2) is 36.4 Å². The average molecular weight is 282 g/mol. The average Bonchev–Trinajstić information content (AvgIpc) is 2.88. The van der Waals surface area contributed by atoms with E-state index in [1.807, 2.05) is 30.3 Å². The van der Waals surface area contributed by atoms with Crippen molar-refractivity contribution < 1.29 is 4.74 Å². The van der Waals surface area contributed by atoms with E-state index in [0.717, 1.165) is 23.1 Å². The lowest BCUT2D eigenvalue weighted by molar-refractivity contribution is 0.319. The molecule has 5 nitrogen and oxygen atoms in total. The molecule has 0 amide bonds. The zero-order valence-corrected chi connectivity index (χ0v) is 12.2. The molecule has 3 aromatic rings. The number of hydrogen-bond donors (Lipinski definition) is 1. The number of aromatic nitrogens is 3. The lowest BCUT2D eigenvalue weighted by Gasteiger charge is -2.06. The molecule has 1 aromatic heterocycles. The summed E-state index contributed by atoms with van der Waals surface area (Å²) in [6, 6.07) is 11.7. The number of rotatable bonds is 4. The Morgan fingerprint density at radius 2 is 1.76 bits per heavy atom. The molecule has 0 bridgehead atoms. The number of fused-ring (bicyclic) bond motifs is 1. The van der Waals surface area contributed by atoms with E-state index < -0.39 is 0 Å². The van der Waals surface area contributed by atoms with Crippen molar-refractivity contribution in [2.45, 2.75) is 20.3 Å². The lowest BCUT2D eigenvalue weighted by atomic mass is 10.2. The monoisotopic (exact) mass is 282 g/mol. The predicted molar refractivity (Wildman–Crippen MR) is 83.8 cm³/mol. The maximum atomic E-state index is 5.99. The van der Waals surface area contributed by atoms with Crippen LogP contribution < -0.4 is 10.5 Å². The quantitative estimate of drug-likeness (QED) is 0.747. The third-order valence-electron chi connectivity index (χ3n) is 3.24. The molecule has 0 fully saturated rings. The van der Waals surface area contributed by atoms with Crippen LogP contribution in [0.4, 0.5) is 5.69 Å². The summed E-state index contributed by atoms with van der Waals surface area (Å²) in [6.45, 7) is 4.75. The zero-order chi connectivity index (χ0) is 14.8. The number of nitrogens with two attached hydrogens (primary N) is 1. The van der Waals surface area contributed by atoms with Crippen LogP contribution in [0.3, 0.4) is 0 Å². The van der Waals surface area contributed by atoms with E-state index in [1.54, 1.807) is 10.9 Å². The van der Waals surface area contributed by atoms with E-state index in [1.165, 1.54) is 5.56 Å². The van der Waals surface area contributed by atoms with Crippen LogP contribution in [-0.4, -0.2) is 21.6 Å². The van der Waals surface area contributed by atoms with Crippen LogP contribution in [0.5, 0.6) is 5.75 Å². The normalized spacial score (nSPS) is 11.0. The minimum absolute atomic E-state index is 0.590. The Morgan fingerprint density at radius 1 is 1.10 bits per heavy atom. The first-order chi connectivity index (χ1) is 10.2. The minimum Gasteiger partial charge on any atom is -0.491 e. The molecule has 3 rings (SSSR count). The largest absolute Gasteiger partial charge is 0.491 e. The van der Waals surface area contributed by atoms with Crippen LogP contribution in [0.2, 0.25) is 0 Å². The molecule has 5 heteroatoms. The van der Waals surface area contributed by atoms with Crippen molar-refractivity contribution in [3.63, 3.8) is 0 Å². The Bertz CT molecular complexity index is 762. The van der Waals surface area contributed by atoms with Gasteiger partial charge in [0, 0.05) is 6.07 Å². The highest BCUT2D eigenvalue weighted by atomic mass is 16.5. The molecule has 0 aliphatic rings. The van der Waals surface area contributed by atoms with Gasteiger partial charge in [-0.3, -0.25) is 0 Å². The van der Waals surface area contributed by atoms with Gasteiger partial charge in [0.1, 0.15) is 16.8 Å². The molecule has 2 aromatic carbocycles. The van der Waals surface area contributed by atoms with E-state index in [9.17, 15) is 0 Å². The molecule has 2 N–H and O–H groups in total. The SMILES string of the molecule is CCCOc1cc2nn(-c3ccc(C)cc3)nc2cc1N. The van der Waals surface area contributed by atoms with Crippen molar-refractivity contribution in [1.29, 1.82) is 0 Å². The van der Waals surface area contributed by atoms with Crippen molar-refractivity contribution in [3.05, 3.63) is 42.0 Å². The Hall–Kier alpha value is -2.56. The van der Waals surface area contributed by atoms with Crippen LogP contribution in [-0.2, 0) is 0 Å². The lowest BCUT2D eigenvalue weighted by Crippen LogP contribution is -1.98. The summed E-state index contributed by atoms with van der Waals surface area (Å²) in [5.41, 5.74) is 10.2. The molecule has 0 saturated heterocycles. The molecule has 0 unspecified atom stereocenters. The Kier molecular flexibility index (Phi) is 3.48. The maximum Gasteiger partial charge on any atom is 0.144 e. The molecule has 108 valence electrons. The molecule has 21 heavy (non-hydrogen) atoms. The summed E-state index contributed by atoms with van der Waals surface area (Å²) >= 11 is 0. The molecule has 1 heterocycles. The van der Waals surface area contributed by atoms with Gasteiger partial charge in [0.15, 0.2) is 0 Å². The summed E-state index contributed by atoms with van der Waals surface area (Å²) in [5, 5.41) is 8.96. The second kappa shape index (κ2) is 5.44. The molecular weight excluding hydrogens is 264 g/mol. The number of anilines is 1. The molecule has 0 aliphatic carbocycles. The van der Waals surface area contributed by atoms with Gasteiger partial charge in [0.05, 0.1) is 18.0 Å². The van der Waals surface area contributed by atoms with Crippen LogP contribution in [0, 0.1) is 6.92 Å². The number of nitrogens with zero attached hydrogens (tertiary/aromatic N) is 3. The first-order valence-corrected chi connectivity index (χ1v) is 7.04. The van der Waals surface area contributed by atoms with Gasteiger partial charge in [0.25, 0.3) is 0 Å². The third kappa shape index (κ3) is 2.67. The second-order valence-electron chi connectivity index (χ2n) is 5.05. The summed E-state index contributed by atoms with van der Waals surface area (Å²) in [7, 11) is 0. The maximum absolute atomic E-state index is 5.99. The van der Waals surface area contributed by atoms with E-state index in [-0.39, 0.29) is 0 Å². The first-order valence-electron chi connectivity index (χ1n) is 7.04. The number of hydrogen-bond acceptors (Lipinski definition) is 4. The fourth-order valence-corrected chi connectivity index (χ4v) is 2.09. The predicted octanol–water partition coefficient (Wildman–Crippen LogP) is 3.10. The summed E-state index contributed by atoms with van der Waals surface area (Å²) in [6.07, 6.45) is 0.938. The van der Waals surface area contributed by atoms with E-state index >= 15 is 0 Å². The first kappa shape index (κ1) is 13.4. The molecule has 0 aliphatic heterocycles. The topological polar surface area (TPSA) is 66.0 Å². The van der Waals surface area contributed by atoms with Crippen LogP contribution >= 0.6 is 0 Å². The second-order valence-corrected chi connectivity index (χ2v) is 5.05. The van der Waals surface area contributed by atoms with Gasteiger partial charge in [-0.15, -0.1) is 10.2 Å². The number of aryl methyl sites for hydroxylation is 1. The Morgan fingerprint density at radius 3 is 2.43 bits per heavy atom. The molecular formula is C16H18N4O. The third-order valence-corrected chi connectivity index (χ3v) is 3.24. The van der Waals surface area contributed by atoms with Gasteiger partial charge in [0.2, 0.25) is 0 Å². The summed E-state index contributed by atoms with van der Waals surface area (Å²) < 4.78 is 5.62. The smallest absolute Gasteiger partial charge is 0.144 e. The van der Waals surface area contributed by atoms with Crippen molar-refractivity contribution in [2.24, 2.45) is 0 Å². The Balaban J connectivity index is 2.01. The fourth-order valence-electron chi connectivity index (χ4n) is 2.09.